The minimum absolute atomic E-state index is 0.125. The predicted octanol–water partition coefficient (Wildman–Crippen LogP) is 1.04. The molecule has 0 saturated carbocycles. The van der Waals surface area contributed by atoms with Gasteiger partial charge in [-0.3, -0.25) is 0 Å². The van der Waals surface area contributed by atoms with Crippen molar-refractivity contribution in [3.63, 3.8) is 0 Å². The van der Waals surface area contributed by atoms with Crippen molar-refractivity contribution in [2.24, 2.45) is 16.6 Å². The van der Waals surface area contributed by atoms with Crippen LogP contribution in [0.4, 0.5) is 0 Å². The van der Waals surface area contributed by atoms with Gasteiger partial charge in [0.25, 0.3) is 0 Å². The molecule has 1 aromatic rings. The lowest BCUT2D eigenvalue weighted by Gasteiger charge is -2.07. The SMILES string of the molecule is CCCOc1ccccc1ON=C(N)N. The Kier molecular flexibility index (Phi) is 4.28. The Labute approximate surface area is 88.6 Å². The van der Waals surface area contributed by atoms with Gasteiger partial charge >= 0.3 is 0 Å². The van der Waals surface area contributed by atoms with Crippen LogP contribution in [0.15, 0.2) is 29.4 Å². The van der Waals surface area contributed by atoms with Gasteiger partial charge in [0.2, 0.25) is 5.96 Å². The second-order valence-electron chi connectivity index (χ2n) is 2.90. The Balaban J connectivity index is 2.72. The molecule has 0 saturated heterocycles. The smallest absolute Gasteiger partial charge is 0.228 e. The molecule has 0 radical (unpaired) electrons. The van der Waals surface area contributed by atoms with Crippen LogP contribution in [0, 0.1) is 0 Å². The van der Waals surface area contributed by atoms with Crippen LogP contribution in [0.5, 0.6) is 11.5 Å². The number of rotatable bonds is 5. The Bertz CT molecular complexity index is 335. The number of guanidine groups is 1. The molecule has 4 N–H and O–H groups in total. The summed E-state index contributed by atoms with van der Waals surface area (Å²) in [6, 6.07) is 7.20. The lowest BCUT2D eigenvalue weighted by Crippen LogP contribution is -2.23. The van der Waals surface area contributed by atoms with E-state index >= 15 is 0 Å². The maximum atomic E-state index is 5.44. The maximum absolute atomic E-state index is 5.44. The number of ether oxygens (including phenoxy) is 1. The number of benzene rings is 1. The number of oxime groups is 1. The molecule has 82 valence electrons. The van der Waals surface area contributed by atoms with Crippen molar-refractivity contribution >= 4 is 5.96 Å². The highest BCUT2D eigenvalue weighted by atomic mass is 16.6. The maximum Gasteiger partial charge on any atom is 0.228 e. The second kappa shape index (κ2) is 5.74. The van der Waals surface area contributed by atoms with Crippen LogP contribution in [0.1, 0.15) is 13.3 Å². The summed E-state index contributed by atoms with van der Waals surface area (Å²) in [5.41, 5.74) is 10.3. The third-order valence-electron chi connectivity index (χ3n) is 1.56. The fourth-order valence-corrected chi connectivity index (χ4v) is 0.959. The highest BCUT2D eigenvalue weighted by Gasteiger charge is 2.03. The van der Waals surface area contributed by atoms with Crippen LogP contribution < -0.4 is 21.0 Å². The number of hydrogen-bond donors (Lipinski definition) is 2. The lowest BCUT2D eigenvalue weighted by atomic mass is 10.3. The lowest BCUT2D eigenvalue weighted by molar-refractivity contribution is 0.276. The first-order valence-electron chi connectivity index (χ1n) is 4.71. The van der Waals surface area contributed by atoms with E-state index in [2.05, 4.69) is 5.16 Å². The molecule has 5 nitrogen and oxygen atoms in total. The molecule has 0 bridgehead atoms. The first kappa shape index (κ1) is 11.2. The van der Waals surface area contributed by atoms with Gasteiger partial charge in [0.1, 0.15) is 0 Å². The topological polar surface area (TPSA) is 82.9 Å². The highest BCUT2D eigenvalue weighted by molar-refractivity contribution is 5.75. The monoisotopic (exact) mass is 209 g/mol. The van der Waals surface area contributed by atoms with E-state index in [1.165, 1.54) is 0 Å². The molecular formula is C10H15N3O2. The van der Waals surface area contributed by atoms with Gasteiger partial charge in [0, 0.05) is 0 Å². The minimum atomic E-state index is -0.125. The zero-order valence-corrected chi connectivity index (χ0v) is 8.64. The summed E-state index contributed by atoms with van der Waals surface area (Å²) in [4.78, 5) is 5.01. The van der Waals surface area contributed by atoms with Gasteiger partial charge in [0.15, 0.2) is 11.5 Å². The number of hydrogen-bond acceptors (Lipinski definition) is 3. The van der Waals surface area contributed by atoms with Crippen LogP contribution in [0.3, 0.4) is 0 Å². The Morgan fingerprint density at radius 3 is 2.53 bits per heavy atom. The van der Waals surface area contributed by atoms with E-state index in [9.17, 15) is 0 Å². The molecule has 0 amide bonds. The van der Waals surface area contributed by atoms with Gasteiger partial charge in [-0.1, -0.05) is 19.1 Å². The van der Waals surface area contributed by atoms with E-state index in [1.807, 2.05) is 19.1 Å². The van der Waals surface area contributed by atoms with Crippen LogP contribution in [0.2, 0.25) is 0 Å². The summed E-state index contributed by atoms with van der Waals surface area (Å²) in [6.07, 6.45) is 0.927. The molecule has 0 atom stereocenters. The third-order valence-corrected chi connectivity index (χ3v) is 1.56. The van der Waals surface area contributed by atoms with E-state index in [4.69, 9.17) is 21.0 Å². The summed E-state index contributed by atoms with van der Waals surface area (Å²) < 4.78 is 5.44. The summed E-state index contributed by atoms with van der Waals surface area (Å²) >= 11 is 0. The molecule has 0 unspecified atom stereocenters. The molecule has 0 fully saturated rings. The van der Waals surface area contributed by atoms with Crippen molar-refractivity contribution in [1.29, 1.82) is 0 Å². The molecule has 0 spiro atoms. The van der Waals surface area contributed by atoms with E-state index < -0.39 is 0 Å². The highest BCUT2D eigenvalue weighted by Crippen LogP contribution is 2.26. The molecule has 0 aliphatic heterocycles. The van der Waals surface area contributed by atoms with Crippen LogP contribution in [-0.2, 0) is 0 Å². The zero-order chi connectivity index (χ0) is 11.1. The standard InChI is InChI=1S/C10H15N3O2/c1-2-7-14-8-5-3-4-6-9(8)15-13-10(11)12/h3-6H,2,7H2,1H3,(H4,11,12,13). The van der Waals surface area contributed by atoms with Gasteiger partial charge in [-0.2, -0.15) is 0 Å². The van der Waals surface area contributed by atoms with E-state index in [1.54, 1.807) is 12.1 Å². The average molecular weight is 209 g/mol. The van der Waals surface area contributed by atoms with Crippen molar-refractivity contribution in [2.75, 3.05) is 6.61 Å². The molecule has 1 rings (SSSR count). The van der Waals surface area contributed by atoms with Gasteiger partial charge in [-0.05, 0) is 23.7 Å². The van der Waals surface area contributed by atoms with Gasteiger partial charge in [-0.25, -0.2) is 0 Å². The predicted molar refractivity (Wildman–Crippen MR) is 58.7 cm³/mol. The summed E-state index contributed by atoms with van der Waals surface area (Å²) in [5.74, 6) is 1.00. The first-order chi connectivity index (χ1) is 7.24. The zero-order valence-electron chi connectivity index (χ0n) is 8.64. The number of para-hydroxylation sites is 2. The average Bonchev–Trinajstić information content (AvgIpc) is 2.24. The molecule has 0 aliphatic carbocycles. The minimum Gasteiger partial charge on any atom is -0.490 e. The molecule has 0 aromatic heterocycles. The molecule has 1 aromatic carbocycles. The summed E-state index contributed by atoms with van der Waals surface area (Å²) in [5, 5.41) is 3.46. The molecule has 0 aliphatic rings. The van der Waals surface area contributed by atoms with Crippen molar-refractivity contribution in [1.82, 2.24) is 0 Å². The van der Waals surface area contributed by atoms with E-state index in [0.717, 1.165) is 6.42 Å². The third kappa shape index (κ3) is 3.76. The van der Waals surface area contributed by atoms with Crippen LogP contribution in [-0.4, -0.2) is 12.6 Å². The summed E-state index contributed by atoms with van der Waals surface area (Å²) in [6.45, 7) is 2.65. The second-order valence-corrected chi connectivity index (χ2v) is 2.90. The largest absolute Gasteiger partial charge is 0.490 e. The normalized spacial score (nSPS) is 9.40. The van der Waals surface area contributed by atoms with Crippen molar-refractivity contribution in [2.45, 2.75) is 13.3 Å². The van der Waals surface area contributed by atoms with Crippen molar-refractivity contribution in [3.05, 3.63) is 24.3 Å². The number of nitrogens with two attached hydrogens (primary N) is 2. The van der Waals surface area contributed by atoms with Crippen molar-refractivity contribution in [3.8, 4) is 11.5 Å². The van der Waals surface area contributed by atoms with Gasteiger partial charge < -0.3 is 21.0 Å². The van der Waals surface area contributed by atoms with Crippen LogP contribution in [0.25, 0.3) is 0 Å². The number of nitrogens with zero attached hydrogens (tertiary/aromatic N) is 1. The molecule has 0 heterocycles. The van der Waals surface area contributed by atoms with Crippen LogP contribution >= 0.6 is 0 Å². The molecule has 15 heavy (non-hydrogen) atoms. The molecular weight excluding hydrogens is 194 g/mol. The fourth-order valence-electron chi connectivity index (χ4n) is 0.959. The molecule has 5 heteroatoms. The van der Waals surface area contributed by atoms with Gasteiger partial charge in [-0.15, -0.1) is 0 Å². The Morgan fingerprint density at radius 1 is 1.27 bits per heavy atom. The quantitative estimate of drug-likeness (QED) is 0.431. The van der Waals surface area contributed by atoms with E-state index in [0.29, 0.717) is 18.1 Å². The van der Waals surface area contributed by atoms with E-state index in [-0.39, 0.29) is 5.96 Å². The first-order valence-corrected chi connectivity index (χ1v) is 4.71. The summed E-state index contributed by atoms with van der Waals surface area (Å²) in [7, 11) is 0. The van der Waals surface area contributed by atoms with Gasteiger partial charge in [0.05, 0.1) is 6.61 Å². The van der Waals surface area contributed by atoms with Crippen molar-refractivity contribution < 1.29 is 9.57 Å². The Morgan fingerprint density at radius 2 is 1.93 bits per heavy atom. The Hall–Kier alpha value is -1.91. The fraction of sp³-hybridized carbons (Fsp3) is 0.300.